The van der Waals surface area contributed by atoms with Crippen LogP contribution in [0.4, 0.5) is 0 Å². The molecular weight excluding hydrogens is 248 g/mol. The molecule has 18 heavy (non-hydrogen) atoms. The van der Waals surface area contributed by atoms with Crippen molar-refractivity contribution >= 4 is 10.0 Å². The maximum atomic E-state index is 12.2. The molecule has 4 nitrogen and oxygen atoms in total. The van der Waals surface area contributed by atoms with Crippen molar-refractivity contribution in [3.63, 3.8) is 0 Å². The average molecular weight is 264 g/mol. The van der Waals surface area contributed by atoms with Crippen molar-refractivity contribution in [3.8, 4) is 6.07 Å². The summed E-state index contributed by atoms with van der Waals surface area (Å²) in [6.45, 7) is 1.95. The van der Waals surface area contributed by atoms with E-state index < -0.39 is 10.0 Å². The van der Waals surface area contributed by atoms with E-state index >= 15 is 0 Å². The minimum absolute atomic E-state index is 0.217. The number of hydrogen-bond donors (Lipinski definition) is 1. The molecule has 96 valence electrons. The Balaban J connectivity index is 2.22. The van der Waals surface area contributed by atoms with Crippen LogP contribution in [0.1, 0.15) is 38.2 Å². The van der Waals surface area contributed by atoms with Crippen LogP contribution < -0.4 is 4.72 Å². The first-order valence-electron chi connectivity index (χ1n) is 5.99. The fourth-order valence-corrected chi connectivity index (χ4v) is 3.81. The Hall–Kier alpha value is -1.38. The van der Waals surface area contributed by atoms with Gasteiger partial charge in [-0.25, -0.2) is 13.1 Å². The van der Waals surface area contributed by atoms with E-state index in [0.717, 1.165) is 25.7 Å². The molecular formula is C13H16N2O2S. The van der Waals surface area contributed by atoms with E-state index in [4.69, 9.17) is 5.26 Å². The second-order valence-corrected chi connectivity index (χ2v) is 6.69. The topological polar surface area (TPSA) is 70.0 Å². The van der Waals surface area contributed by atoms with Crippen molar-refractivity contribution in [2.45, 2.75) is 43.0 Å². The summed E-state index contributed by atoms with van der Waals surface area (Å²) >= 11 is 0. The van der Waals surface area contributed by atoms with Crippen LogP contribution in [0.3, 0.4) is 0 Å². The zero-order valence-corrected chi connectivity index (χ0v) is 11.1. The van der Waals surface area contributed by atoms with Crippen LogP contribution in [0.2, 0.25) is 0 Å². The van der Waals surface area contributed by atoms with Crippen molar-refractivity contribution in [3.05, 3.63) is 29.8 Å². The molecule has 0 aromatic heterocycles. The highest BCUT2D eigenvalue weighted by molar-refractivity contribution is 7.89. The summed E-state index contributed by atoms with van der Waals surface area (Å²) < 4.78 is 27.2. The molecule has 1 N–H and O–H groups in total. The second kappa shape index (κ2) is 4.71. The maximum absolute atomic E-state index is 12.2. The van der Waals surface area contributed by atoms with Gasteiger partial charge in [-0.3, -0.25) is 0 Å². The predicted octanol–water partition coefficient (Wildman–Crippen LogP) is 2.17. The highest BCUT2D eigenvalue weighted by Crippen LogP contribution is 2.30. The third kappa shape index (κ3) is 2.71. The van der Waals surface area contributed by atoms with Crippen molar-refractivity contribution in [1.82, 2.24) is 4.72 Å². The number of benzene rings is 1. The zero-order valence-electron chi connectivity index (χ0n) is 10.3. The molecule has 0 amide bonds. The summed E-state index contributed by atoms with van der Waals surface area (Å²) in [7, 11) is -3.49. The van der Waals surface area contributed by atoms with E-state index in [-0.39, 0.29) is 10.4 Å². The van der Waals surface area contributed by atoms with Gasteiger partial charge in [0.1, 0.15) is 0 Å². The van der Waals surface area contributed by atoms with Gasteiger partial charge >= 0.3 is 0 Å². The van der Waals surface area contributed by atoms with E-state index in [1.165, 1.54) is 24.3 Å². The van der Waals surface area contributed by atoms with Crippen LogP contribution in [0.25, 0.3) is 0 Å². The van der Waals surface area contributed by atoms with Gasteiger partial charge < -0.3 is 0 Å². The van der Waals surface area contributed by atoms with Gasteiger partial charge in [0.15, 0.2) is 0 Å². The average Bonchev–Trinajstić information content (AvgIpc) is 2.75. The van der Waals surface area contributed by atoms with E-state index in [0.29, 0.717) is 5.56 Å². The molecule has 1 fully saturated rings. The Morgan fingerprint density at radius 3 is 2.28 bits per heavy atom. The zero-order chi connectivity index (χ0) is 13.2. The van der Waals surface area contributed by atoms with Crippen LogP contribution in [-0.4, -0.2) is 14.0 Å². The molecule has 0 bridgehead atoms. The Morgan fingerprint density at radius 2 is 1.78 bits per heavy atom. The normalized spacial score (nSPS) is 18.4. The van der Waals surface area contributed by atoms with Gasteiger partial charge in [0.05, 0.1) is 16.5 Å². The molecule has 1 aliphatic carbocycles. The number of nitriles is 1. The molecule has 2 rings (SSSR count). The molecule has 0 heterocycles. The Kier molecular flexibility index (Phi) is 3.42. The number of rotatable bonds is 3. The summed E-state index contributed by atoms with van der Waals surface area (Å²) in [6.07, 6.45) is 3.88. The Labute approximate surface area is 108 Å². The first-order valence-corrected chi connectivity index (χ1v) is 7.48. The van der Waals surface area contributed by atoms with Crippen molar-refractivity contribution in [2.75, 3.05) is 0 Å². The molecule has 1 aromatic carbocycles. The van der Waals surface area contributed by atoms with E-state index in [9.17, 15) is 8.42 Å². The van der Waals surface area contributed by atoms with Gasteiger partial charge in [-0.2, -0.15) is 5.26 Å². The molecule has 0 saturated heterocycles. The molecule has 0 unspecified atom stereocenters. The summed E-state index contributed by atoms with van der Waals surface area (Å²) in [5.41, 5.74) is 0.133. The highest BCUT2D eigenvalue weighted by atomic mass is 32.2. The van der Waals surface area contributed by atoms with Gasteiger partial charge in [0.25, 0.3) is 0 Å². The molecule has 1 aliphatic rings. The summed E-state index contributed by atoms with van der Waals surface area (Å²) in [4.78, 5) is 0.217. The largest absolute Gasteiger partial charge is 0.241 e. The molecule has 0 spiro atoms. The summed E-state index contributed by atoms with van der Waals surface area (Å²) in [5, 5.41) is 8.69. The monoisotopic (exact) mass is 264 g/mol. The number of nitrogens with one attached hydrogen (secondary N) is 1. The second-order valence-electron chi connectivity index (χ2n) is 5.01. The highest BCUT2D eigenvalue weighted by Gasteiger charge is 2.33. The van der Waals surface area contributed by atoms with Crippen molar-refractivity contribution < 1.29 is 8.42 Å². The van der Waals surface area contributed by atoms with E-state index in [1.54, 1.807) is 0 Å². The molecule has 1 saturated carbocycles. The lowest BCUT2D eigenvalue weighted by atomic mass is 10.0. The van der Waals surface area contributed by atoms with Gasteiger partial charge in [-0.15, -0.1) is 0 Å². The van der Waals surface area contributed by atoms with Crippen molar-refractivity contribution in [1.29, 1.82) is 5.26 Å². The molecule has 0 aliphatic heterocycles. The summed E-state index contributed by atoms with van der Waals surface area (Å²) in [5.74, 6) is 0. The Bertz CT molecular complexity index is 564. The SMILES string of the molecule is CC1(NS(=O)(=O)c2ccc(C#N)cc2)CCCC1. The number of nitrogens with zero attached hydrogens (tertiary/aromatic N) is 1. The van der Waals surface area contributed by atoms with Crippen LogP contribution in [0.5, 0.6) is 0 Å². The summed E-state index contributed by atoms with van der Waals surface area (Å²) in [6, 6.07) is 7.95. The van der Waals surface area contributed by atoms with E-state index in [2.05, 4.69) is 4.72 Å². The maximum Gasteiger partial charge on any atom is 0.241 e. The first kappa shape index (κ1) is 13.1. The van der Waals surface area contributed by atoms with Crippen LogP contribution >= 0.6 is 0 Å². The standard InChI is InChI=1S/C13H16N2O2S/c1-13(8-2-3-9-13)15-18(16,17)12-6-4-11(10-14)5-7-12/h4-7,15H,2-3,8-9H2,1H3. The van der Waals surface area contributed by atoms with Gasteiger partial charge in [-0.1, -0.05) is 12.8 Å². The number of hydrogen-bond acceptors (Lipinski definition) is 3. The fraction of sp³-hybridized carbons (Fsp3) is 0.462. The lowest BCUT2D eigenvalue weighted by Gasteiger charge is -2.24. The third-order valence-corrected chi connectivity index (χ3v) is 5.04. The lowest BCUT2D eigenvalue weighted by Crippen LogP contribution is -2.43. The number of sulfonamides is 1. The van der Waals surface area contributed by atoms with Crippen molar-refractivity contribution in [2.24, 2.45) is 0 Å². The minimum Gasteiger partial charge on any atom is -0.207 e. The van der Waals surface area contributed by atoms with E-state index in [1.807, 2.05) is 13.0 Å². The molecule has 5 heteroatoms. The molecule has 0 radical (unpaired) electrons. The predicted molar refractivity (Wildman–Crippen MR) is 68.4 cm³/mol. The van der Waals surface area contributed by atoms with Crippen LogP contribution in [0.15, 0.2) is 29.2 Å². The fourth-order valence-electron chi connectivity index (χ4n) is 2.35. The van der Waals surface area contributed by atoms with Gasteiger partial charge in [-0.05, 0) is 44.0 Å². The lowest BCUT2D eigenvalue weighted by molar-refractivity contribution is 0.427. The smallest absolute Gasteiger partial charge is 0.207 e. The van der Waals surface area contributed by atoms with Crippen LogP contribution in [-0.2, 0) is 10.0 Å². The quantitative estimate of drug-likeness (QED) is 0.909. The minimum atomic E-state index is -3.49. The molecule has 1 aromatic rings. The first-order chi connectivity index (χ1) is 8.45. The Morgan fingerprint density at radius 1 is 1.22 bits per heavy atom. The van der Waals surface area contributed by atoms with Gasteiger partial charge in [0.2, 0.25) is 10.0 Å². The van der Waals surface area contributed by atoms with Crippen LogP contribution in [0, 0.1) is 11.3 Å². The molecule has 0 atom stereocenters. The van der Waals surface area contributed by atoms with Gasteiger partial charge in [0, 0.05) is 5.54 Å². The third-order valence-electron chi connectivity index (χ3n) is 3.38.